The first-order valence-corrected chi connectivity index (χ1v) is 7.11. The summed E-state index contributed by atoms with van der Waals surface area (Å²) in [5.74, 6) is 0.326. The van der Waals surface area contributed by atoms with Gasteiger partial charge in [0.1, 0.15) is 0 Å². The van der Waals surface area contributed by atoms with Crippen molar-refractivity contribution < 1.29 is 13.2 Å². The number of halogens is 3. The van der Waals surface area contributed by atoms with Crippen molar-refractivity contribution in [3.05, 3.63) is 30.2 Å². The Bertz CT molecular complexity index is 600. The minimum atomic E-state index is -4.06. The Morgan fingerprint density at radius 1 is 1.19 bits per heavy atom. The Balaban J connectivity index is 1.57. The number of alkyl halides is 3. The number of hydrogen-bond acceptors (Lipinski definition) is 3. The van der Waals surface area contributed by atoms with E-state index in [4.69, 9.17) is 0 Å². The highest BCUT2D eigenvalue weighted by Crippen LogP contribution is 2.28. The van der Waals surface area contributed by atoms with Gasteiger partial charge in [-0.1, -0.05) is 0 Å². The quantitative estimate of drug-likeness (QED) is 0.873. The van der Waals surface area contributed by atoms with Crippen molar-refractivity contribution in [3.63, 3.8) is 0 Å². The first kappa shape index (κ1) is 14.3. The van der Waals surface area contributed by atoms with E-state index < -0.39 is 12.6 Å². The number of likely N-dealkylation sites (tertiary alicyclic amines) is 1. The average Bonchev–Trinajstić information content (AvgIpc) is 2.92. The van der Waals surface area contributed by atoms with Crippen molar-refractivity contribution in [2.45, 2.75) is 31.4 Å². The van der Waals surface area contributed by atoms with Gasteiger partial charge in [-0.15, -0.1) is 0 Å². The third kappa shape index (κ3) is 3.53. The lowest BCUT2D eigenvalue weighted by Gasteiger charge is -2.31. The molecule has 114 valence electrons. The number of rotatable bonds is 3. The van der Waals surface area contributed by atoms with Crippen LogP contribution < -0.4 is 0 Å². The molecular weight excluding hydrogens is 281 g/mol. The fourth-order valence-electron chi connectivity index (χ4n) is 2.79. The molecule has 2 aromatic heterocycles. The first-order valence-electron chi connectivity index (χ1n) is 7.11. The molecule has 1 aliphatic heterocycles. The summed E-state index contributed by atoms with van der Waals surface area (Å²) >= 11 is 0. The summed E-state index contributed by atoms with van der Waals surface area (Å²) in [4.78, 5) is 6.46. The second kappa shape index (κ2) is 5.63. The molecular formula is C14H17F3N4. The molecule has 0 bridgehead atoms. The van der Waals surface area contributed by atoms with Crippen molar-refractivity contribution in [1.82, 2.24) is 19.5 Å². The van der Waals surface area contributed by atoms with Crippen molar-refractivity contribution in [2.24, 2.45) is 0 Å². The molecule has 0 N–H and O–H groups in total. The SMILES string of the molecule is FC(F)(F)CCN1CCC(c2ccn3nccc3n2)CC1. The van der Waals surface area contributed by atoms with Crippen LogP contribution in [-0.4, -0.2) is 45.3 Å². The number of nitrogens with zero attached hydrogens (tertiary/aromatic N) is 4. The summed E-state index contributed by atoms with van der Waals surface area (Å²) in [5.41, 5.74) is 1.82. The van der Waals surface area contributed by atoms with Crippen LogP contribution in [0.5, 0.6) is 0 Å². The maximum absolute atomic E-state index is 12.2. The Hall–Kier alpha value is -1.63. The van der Waals surface area contributed by atoms with Gasteiger partial charge in [0.2, 0.25) is 0 Å². The van der Waals surface area contributed by atoms with Gasteiger partial charge in [-0.3, -0.25) is 0 Å². The summed E-state index contributed by atoms with van der Waals surface area (Å²) in [7, 11) is 0. The smallest absolute Gasteiger partial charge is 0.303 e. The standard InChI is InChI=1S/C14H17F3N4/c15-14(16,17)5-10-20-7-2-11(3-8-20)12-4-9-21-13(19-12)1-6-18-21/h1,4,6,9,11H,2-3,5,7-8,10H2. The zero-order valence-corrected chi connectivity index (χ0v) is 11.6. The number of piperidine rings is 1. The summed E-state index contributed by atoms with van der Waals surface area (Å²) < 4.78 is 38.4. The molecule has 0 spiro atoms. The molecule has 7 heteroatoms. The van der Waals surface area contributed by atoms with Crippen LogP contribution in [0.4, 0.5) is 13.2 Å². The van der Waals surface area contributed by atoms with E-state index >= 15 is 0 Å². The van der Waals surface area contributed by atoms with Gasteiger partial charge in [0, 0.05) is 30.4 Å². The van der Waals surface area contributed by atoms with Crippen molar-refractivity contribution in [3.8, 4) is 0 Å². The van der Waals surface area contributed by atoms with Gasteiger partial charge in [0.15, 0.2) is 5.65 Å². The van der Waals surface area contributed by atoms with E-state index in [0.717, 1.165) is 24.2 Å². The fraction of sp³-hybridized carbons (Fsp3) is 0.571. The van der Waals surface area contributed by atoms with Crippen molar-refractivity contribution >= 4 is 5.65 Å². The van der Waals surface area contributed by atoms with Gasteiger partial charge in [-0.2, -0.15) is 18.3 Å². The predicted molar refractivity (Wildman–Crippen MR) is 72.1 cm³/mol. The largest absolute Gasteiger partial charge is 0.390 e. The number of fused-ring (bicyclic) bond motifs is 1. The Kier molecular flexibility index (Phi) is 3.84. The van der Waals surface area contributed by atoms with Gasteiger partial charge in [0.05, 0.1) is 12.6 Å². The van der Waals surface area contributed by atoms with Gasteiger partial charge >= 0.3 is 6.18 Å². The third-order valence-electron chi connectivity index (χ3n) is 4.00. The van der Waals surface area contributed by atoms with Crippen molar-refractivity contribution in [1.29, 1.82) is 0 Å². The van der Waals surface area contributed by atoms with Crippen LogP contribution in [0, 0.1) is 0 Å². The molecule has 2 aromatic rings. The Morgan fingerprint density at radius 3 is 2.67 bits per heavy atom. The maximum atomic E-state index is 12.2. The van der Waals surface area contributed by atoms with Crippen LogP contribution in [0.25, 0.3) is 5.65 Å². The van der Waals surface area contributed by atoms with Crippen LogP contribution in [0.2, 0.25) is 0 Å². The maximum Gasteiger partial charge on any atom is 0.390 e. The van der Waals surface area contributed by atoms with E-state index in [-0.39, 0.29) is 6.54 Å². The highest BCUT2D eigenvalue weighted by molar-refractivity contribution is 5.37. The molecule has 0 saturated carbocycles. The molecule has 0 aliphatic carbocycles. The molecule has 1 fully saturated rings. The van der Waals surface area contributed by atoms with E-state index in [0.29, 0.717) is 19.0 Å². The van der Waals surface area contributed by atoms with Gasteiger partial charge in [-0.05, 0) is 32.0 Å². The van der Waals surface area contributed by atoms with E-state index in [2.05, 4.69) is 10.1 Å². The van der Waals surface area contributed by atoms with Gasteiger partial charge in [-0.25, -0.2) is 9.50 Å². The van der Waals surface area contributed by atoms with Crippen molar-refractivity contribution in [2.75, 3.05) is 19.6 Å². The average molecular weight is 298 g/mol. The summed E-state index contributed by atoms with van der Waals surface area (Å²) in [5, 5.41) is 4.10. The Labute approximate surface area is 120 Å². The van der Waals surface area contributed by atoms with Crippen LogP contribution in [0.1, 0.15) is 30.9 Å². The summed E-state index contributed by atoms with van der Waals surface area (Å²) in [6.45, 7) is 1.51. The molecule has 0 aromatic carbocycles. The first-order chi connectivity index (χ1) is 10.0. The molecule has 0 radical (unpaired) electrons. The van der Waals surface area contributed by atoms with Crippen LogP contribution in [0.15, 0.2) is 24.5 Å². The molecule has 1 aliphatic rings. The molecule has 0 unspecified atom stereocenters. The fourth-order valence-corrected chi connectivity index (χ4v) is 2.79. The monoisotopic (exact) mass is 298 g/mol. The lowest BCUT2D eigenvalue weighted by molar-refractivity contribution is -0.138. The van der Waals surface area contributed by atoms with E-state index in [1.165, 1.54) is 0 Å². The molecule has 4 nitrogen and oxygen atoms in total. The zero-order chi connectivity index (χ0) is 14.9. The minimum Gasteiger partial charge on any atom is -0.303 e. The van der Waals surface area contributed by atoms with Gasteiger partial charge in [0.25, 0.3) is 0 Å². The second-order valence-electron chi connectivity index (χ2n) is 5.47. The highest BCUT2D eigenvalue weighted by Gasteiger charge is 2.29. The molecule has 0 atom stereocenters. The van der Waals surface area contributed by atoms with E-state index in [1.54, 1.807) is 10.7 Å². The second-order valence-corrected chi connectivity index (χ2v) is 5.47. The highest BCUT2D eigenvalue weighted by atomic mass is 19.4. The van der Waals surface area contributed by atoms with Crippen LogP contribution >= 0.6 is 0 Å². The summed E-state index contributed by atoms with van der Waals surface area (Å²) in [6, 6.07) is 3.80. The molecule has 3 heterocycles. The van der Waals surface area contributed by atoms with E-state index in [9.17, 15) is 13.2 Å². The van der Waals surface area contributed by atoms with E-state index in [1.807, 2.05) is 23.2 Å². The van der Waals surface area contributed by atoms with Crippen LogP contribution in [-0.2, 0) is 0 Å². The lowest BCUT2D eigenvalue weighted by Crippen LogP contribution is -2.35. The molecule has 21 heavy (non-hydrogen) atoms. The normalized spacial score (nSPS) is 18.4. The Morgan fingerprint density at radius 2 is 1.95 bits per heavy atom. The molecule has 0 amide bonds. The van der Waals surface area contributed by atoms with Gasteiger partial charge < -0.3 is 4.90 Å². The number of aromatic nitrogens is 3. The van der Waals surface area contributed by atoms with Crippen LogP contribution in [0.3, 0.4) is 0 Å². The zero-order valence-electron chi connectivity index (χ0n) is 11.6. The third-order valence-corrected chi connectivity index (χ3v) is 4.00. The number of hydrogen-bond donors (Lipinski definition) is 0. The molecule has 1 saturated heterocycles. The summed E-state index contributed by atoms with van der Waals surface area (Å²) in [6.07, 6.45) is 0.507. The lowest BCUT2D eigenvalue weighted by atomic mass is 9.93. The minimum absolute atomic E-state index is 0.102. The molecule has 3 rings (SSSR count). The topological polar surface area (TPSA) is 33.4 Å². The predicted octanol–water partition coefficient (Wildman–Crippen LogP) is 2.86.